The predicted octanol–water partition coefficient (Wildman–Crippen LogP) is 2.09. The van der Waals surface area contributed by atoms with Crippen molar-refractivity contribution in [2.45, 2.75) is 19.8 Å². The summed E-state index contributed by atoms with van der Waals surface area (Å²) in [5.74, 6) is -2.27. The minimum atomic E-state index is -2.81. The van der Waals surface area contributed by atoms with Crippen LogP contribution in [0.4, 0.5) is 13.2 Å². The van der Waals surface area contributed by atoms with Gasteiger partial charge < -0.3 is 5.11 Å². The summed E-state index contributed by atoms with van der Waals surface area (Å²) in [6.45, 7) is 1.28. The van der Waals surface area contributed by atoms with Crippen molar-refractivity contribution in [2.24, 2.45) is 0 Å². The summed E-state index contributed by atoms with van der Waals surface area (Å²) in [7, 11) is 0. The van der Waals surface area contributed by atoms with Crippen LogP contribution in [0, 0.1) is 12.7 Å². The molecule has 0 atom stereocenters. The van der Waals surface area contributed by atoms with Crippen LogP contribution in [0.5, 0.6) is 0 Å². The largest absolute Gasteiger partial charge is 0.481 e. The van der Waals surface area contributed by atoms with E-state index >= 15 is 0 Å². The maximum absolute atomic E-state index is 13.1. The monoisotopic (exact) mass is 219 g/mol. The Morgan fingerprint density at radius 2 is 2.20 bits per heavy atom. The van der Waals surface area contributed by atoms with Crippen LogP contribution in [0.15, 0.2) is 6.07 Å². The summed E-state index contributed by atoms with van der Waals surface area (Å²) in [6, 6.07) is 0.630. The number of pyridine rings is 1. The Balaban J connectivity index is 3.13. The highest BCUT2D eigenvalue weighted by molar-refractivity contribution is 5.69. The molecule has 0 aromatic carbocycles. The fraction of sp³-hybridized carbons (Fsp3) is 0.333. The van der Waals surface area contributed by atoms with Crippen molar-refractivity contribution >= 4 is 5.97 Å². The maximum Gasteiger partial charge on any atom is 0.309 e. The first kappa shape index (κ1) is 11.5. The molecule has 0 unspecified atom stereocenters. The van der Waals surface area contributed by atoms with E-state index in [2.05, 4.69) is 4.98 Å². The van der Waals surface area contributed by atoms with Gasteiger partial charge in [0, 0.05) is 11.3 Å². The van der Waals surface area contributed by atoms with Crippen LogP contribution >= 0.6 is 0 Å². The maximum atomic E-state index is 13.1. The van der Waals surface area contributed by atoms with Gasteiger partial charge in [0.05, 0.1) is 12.1 Å². The average Bonchev–Trinajstić information content (AvgIpc) is 2.09. The van der Waals surface area contributed by atoms with E-state index in [1.807, 2.05) is 0 Å². The van der Waals surface area contributed by atoms with Crippen LogP contribution in [0.2, 0.25) is 0 Å². The average molecular weight is 219 g/mol. The summed E-state index contributed by atoms with van der Waals surface area (Å²) in [5.41, 5.74) is -0.895. The molecule has 0 fully saturated rings. The molecule has 0 aliphatic rings. The molecule has 0 saturated carbocycles. The molecule has 1 rings (SSSR count). The van der Waals surface area contributed by atoms with E-state index in [-0.39, 0.29) is 11.4 Å². The molecule has 0 spiro atoms. The second-order valence-electron chi connectivity index (χ2n) is 2.96. The van der Waals surface area contributed by atoms with Crippen molar-refractivity contribution < 1.29 is 23.1 Å². The SMILES string of the molecule is Cc1nc(CC(=O)O)c(F)cc1C(F)F. The summed E-state index contributed by atoms with van der Waals surface area (Å²) in [6.07, 6.45) is -3.43. The van der Waals surface area contributed by atoms with E-state index in [1.54, 1.807) is 0 Å². The van der Waals surface area contributed by atoms with Gasteiger partial charge in [-0.25, -0.2) is 13.2 Å². The lowest BCUT2D eigenvalue weighted by molar-refractivity contribution is -0.136. The third-order valence-corrected chi connectivity index (χ3v) is 1.83. The summed E-state index contributed by atoms with van der Waals surface area (Å²) in [4.78, 5) is 13.8. The highest BCUT2D eigenvalue weighted by atomic mass is 19.3. The van der Waals surface area contributed by atoms with Crippen LogP contribution in [0.25, 0.3) is 0 Å². The summed E-state index contributed by atoms with van der Waals surface area (Å²) >= 11 is 0. The smallest absolute Gasteiger partial charge is 0.309 e. The van der Waals surface area contributed by atoms with Crippen molar-refractivity contribution in [3.05, 3.63) is 28.8 Å². The zero-order valence-electron chi connectivity index (χ0n) is 7.80. The van der Waals surface area contributed by atoms with Gasteiger partial charge in [-0.15, -0.1) is 0 Å². The van der Waals surface area contributed by atoms with E-state index < -0.39 is 30.2 Å². The molecule has 3 nitrogen and oxygen atoms in total. The fourth-order valence-electron chi connectivity index (χ4n) is 1.13. The number of carbonyl (C=O) groups is 1. The number of aromatic nitrogens is 1. The lowest BCUT2D eigenvalue weighted by Crippen LogP contribution is -2.08. The number of nitrogens with zero attached hydrogens (tertiary/aromatic N) is 1. The van der Waals surface area contributed by atoms with Crippen molar-refractivity contribution in [1.29, 1.82) is 0 Å². The highest BCUT2D eigenvalue weighted by Gasteiger charge is 2.17. The van der Waals surface area contributed by atoms with E-state index in [0.717, 1.165) is 0 Å². The van der Waals surface area contributed by atoms with Gasteiger partial charge in [0.1, 0.15) is 5.82 Å². The van der Waals surface area contributed by atoms with E-state index in [1.165, 1.54) is 6.92 Å². The Morgan fingerprint density at radius 1 is 1.60 bits per heavy atom. The number of rotatable bonds is 3. The van der Waals surface area contributed by atoms with Crippen LogP contribution < -0.4 is 0 Å². The summed E-state index contributed by atoms with van der Waals surface area (Å²) in [5, 5.41) is 8.41. The van der Waals surface area contributed by atoms with Crippen molar-refractivity contribution in [1.82, 2.24) is 4.98 Å². The van der Waals surface area contributed by atoms with Crippen LogP contribution in [0.1, 0.15) is 23.4 Å². The molecular formula is C9H8F3NO2. The number of hydrogen-bond donors (Lipinski definition) is 1. The highest BCUT2D eigenvalue weighted by Crippen LogP contribution is 2.23. The zero-order valence-corrected chi connectivity index (χ0v) is 7.80. The molecule has 1 aromatic rings. The fourth-order valence-corrected chi connectivity index (χ4v) is 1.13. The quantitative estimate of drug-likeness (QED) is 0.846. The number of hydrogen-bond acceptors (Lipinski definition) is 2. The van der Waals surface area contributed by atoms with Gasteiger partial charge in [-0.3, -0.25) is 9.78 Å². The predicted molar refractivity (Wildman–Crippen MR) is 45.2 cm³/mol. The van der Waals surface area contributed by atoms with Gasteiger partial charge in [0.2, 0.25) is 0 Å². The third-order valence-electron chi connectivity index (χ3n) is 1.83. The first-order valence-electron chi connectivity index (χ1n) is 4.07. The molecule has 0 aliphatic heterocycles. The Hall–Kier alpha value is -1.59. The van der Waals surface area contributed by atoms with Gasteiger partial charge in [-0.1, -0.05) is 0 Å². The van der Waals surface area contributed by atoms with Crippen molar-refractivity contribution in [2.75, 3.05) is 0 Å². The molecule has 0 aliphatic carbocycles. The first-order valence-corrected chi connectivity index (χ1v) is 4.07. The minimum absolute atomic E-state index is 0.0531. The Labute approximate surface area is 83.6 Å². The molecule has 0 saturated heterocycles. The van der Waals surface area contributed by atoms with Gasteiger partial charge in [0.15, 0.2) is 0 Å². The number of carboxylic acid groups (broad SMARTS) is 1. The van der Waals surface area contributed by atoms with Crippen molar-refractivity contribution in [3.63, 3.8) is 0 Å². The molecule has 0 bridgehead atoms. The number of alkyl halides is 2. The molecular weight excluding hydrogens is 211 g/mol. The topological polar surface area (TPSA) is 50.2 Å². The zero-order chi connectivity index (χ0) is 11.6. The Kier molecular flexibility index (Phi) is 3.28. The number of halogens is 3. The minimum Gasteiger partial charge on any atom is -0.481 e. The van der Waals surface area contributed by atoms with Crippen molar-refractivity contribution in [3.8, 4) is 0 Å². The number of carboxylic acids is 1. The van der Waals surface area contributed by atoms with E-state index in [9.17, 15) is 18.0 Å². The summed E-state index contributed by atoms with van der Waals surface area (Å²) < 4.78 is 37.6. The molecule has 0 radical (unpaired) electrons. The second kappa shape index (κ2) is 4.29. The van der Waals surface area contributed by atoms with Crippen LogP contribution in [-0.4, -0.2) is 16.1 Å². The molecule has 82 valence electrons. The molecule has 1 N–H and O–H groups in total. The van der Waals surface area contributed by atoms with Gasteiger partial charge in [-0.2, -0.15) is 0 Å². The second-order valence-corrected chi connectivity index (χ2v) is 2.96. The third kappa shape index (κ3) is 2.68. The number of aliphatic carboxylic acids is 1. The first-order chi connectivity index (χ1) is 6.91. The molecule has 1 heterocycles. The van der Waals surface area contributed by atoms with E-state index in [4.69, 9.17) is 5.11 Å². The lowest BCUT2D eigenvalue weighted by Gasteiger charge is -2.06. The molecule has 6 heteroatoms. The van der Waals surface area contributed by atoms with E-state index in [0.29, 0.717) is 6.07 Å². The van der Waals surface area contributed by atoms with Crippen LogP contribution in [-0.2, 0) is 11.2 Å². The molecule has 1 aromatic heterocycles. The van der Waals surface area contributed by atoms with Gasteiger partial charge >= 0.3 is 5.97 Å². The molecule has 0 amide bonds. The van der Waals surface area contributed by atoms with Gasteiger partial charge in [-0.05, 0) is 13.0 Å². The molecule has 15 heavy (non-hydrogen) atoms. The van der Waals surface area contributed by atoms with Crippen LogP contribution in [0.3, 0.4) is 0 Å². The Bertz CT molecular complexity index is 393. The lowest BCUT2D eigenvalue weighted by atomic mass is 10.1. The van der Waals surface area contributed by atoms with Gasteiger partial charge in [0.25, 0.3) is 6.43 Å². The Morgan fingerprint density at radius 3 is 2.67 bits per heavy atom. The standard InChI is InChI=1S/C9H8F3NO2/c1-4-5(9(11)12)2-6(10)7(13-4)3-8(14)15/h2,9H,3H2,1H3,(H,14,15). The normalized spacial score (nSPS) is 10.7. The number of aryl methyl sites for hydroxylation is 1.